The summed E-state index contributed by atoms with van der Waals surface area (Å²) in [6.07, 6.45) is 0. The summed E-state index contributed by atoms with van der Waals surface area (Å²) in [4.78, 5) is 26.3. The fourth-order valence-electron chi connectivity index (χ4n) is 2.45. The lowest BCUT2D eigenvalue weighted by atomic mass is 10.3. The van der Waals surface area contributed by atoms with Gasteiger partial charge in [-0.05, 0) is 12.1 Å². The van der Waals surface area contributed by atoms with Crippen molar-refractivity contribution in [3.8, 4) is 5.75 Å². The topological polar surface area (TPSA) is 63.1 Å². The van der Waals surface area contributed by atoms with Crippen molar-refractivity contribution in [1.29, 1.82) is 0 Å². The number of nitrogens with zero attached hydrogens (tertiary/aromatic N) is 1. The number of hydrogen-bond donors (Lipinski definition) is 2. The quantitative estimate of drug-likeness (QED) is 0.777. The molecule has 1 aliphatic heterocycles. The molecule has 0 bridgehead atoms. The SMILES string of the molecule is COc1cccc(NC(=O)C[NH+]2CCN(C(C)=O)CC2)c1. The summed E-state index contributed by atoms with van der Waals surface area (Å²) >= 11 is 0. The van der Waals surface area contributed by atoms with E-state index in [1.54, 1.807) is 20.1 Å². The Morgan fingerprint density at radius 2 is 2.05 bits per heavy atom. The minimum absolute atomic E-state index is 0.0190. The first-order valence-electron chi connectivity index (χ1n) is 7.11. The summed E-state index contributed by atoms with van der Waals surface area (Å²) < 4.78 is 5.13. The number of piperazine rings is 1. The Bertz CT molecular complexity index is 511. The van der Waals surface area contributed by atoms with Gasteiger partial charge >= 0.3 is 0 Å². The molecule has 2 N–H and O–H groups in total. The number of quaternary nitrogens is 1. The smallest absolute Gasteiger partial charge is 0.279 e. The predicted molar refractivity (Wildman–Crippen MR) is 79.4 cm³/mol. The molecule has 21 heavy (non-hydrogen) atoms. The van der Waals surface area contributed by atoms with Gasteiger partial charge in [0, 0.05) is 18.7 Å². The van der Waals surface area contributed by atoms with Crippen molar-refractivity contribution in [3.63, 3.8) is 0 Å². The number of nitrogens with one attached hydrogen (secondary N) is 2. The highest BCUT2D eigenvalue weighted by Gasteiger charge is 2.23. The number of methoxy groups -OCH3 is 1. The van der Waals surface area contributed by atoms with Gasteiger partial charge in [-0.25, -0.2) is 0 Å². The minimum atomic E-state index is -0.0190. The van der Waals surface area contributed by atoms with Crippen LogP contribution in [0.3, 0.4) is 0 Å². The third kappa shape index (κ3) is 4.46. The molecule has 1 fully saturated rings. The lowest BCUT2D eigenvalue weighted by Crippen LogP contribution is -3.15. The van der Waals surface area contributed by atoms with Gasteiger partial charge < -0.3 is 19.9 Å². The Morgan fingerprint density at radius 1 is 1.33 bits per heavy atom. The van der Waals surface area contributed by atoms with Crippen molar-refractivity contribution in [2.24, 2.45) is 0 Å². The molecule has 114 valence electrons. The van der Waals surface area contributed by atoms with Crippen LogP contribution in [0.5, 0.6) is 5.75 Å². The van der Waals surface area contributed by atoms with Crippen molar-refractivity contribution in [2.75, 3.05) is 45.2 Å². The lowest BCUT2D eigenvalue weighted by Gasteiger charge is -2.31. The molecule has 1 aromatic carbocycles. The zero-order chi connectivity index (χ0) is 15.2. The molecule has 1 heterocycles. The van der Waals surface area contributed by atoms with Gasteiger partial charge in [0.1, 0.15) is 5.75 Å². The zero-order valence-corrected chi connectivity index (χ0v) is 12.5. The largest absolute Gasteiger partial charge is 0.497 e. The van der Waals surface area contributed by atoms with Gasteiger partial charge in [-0.1, -0.05) is 6.07 Å². The van der Waals surface area contributed by atoms with Gasteiger partial charge in [-0.2, -0.15) is 0 Å². The van der Waals surface area contributed by atoms with E-state index < -0.39 is 0 Å². The first-order chi connectivity index (χ1) is 10.1. The van der Waals surface area contributed by atoms with Gasteiger partial charge in [0.15, 0.2) is 6.54 Å². The van der Waals surface area contributed by atoms with Crippen LogP contribution < -0.4 is 15.0 Å². The van der Waals surface area contributed by atoms with E-state index in [1.807, 2.05) is 23.1 Å². The molecule has 2 amide bonds. The Balaban J connectivity index is 1.81. The van der Waals surface area contributed by atoms with Crippen LogP contribution in [-0.4, -0.2) is 56.5 Å². The van der Waals surface area contributed by atoms with Gasteiger partial charge in [-0.3, -0.25) is 9.59 Å². The fraction of sp³-hybridized carbons (Fsp3) is 0.467. The molecule has 0 saturated carbocycles. The standard InChI is InChI=1S/C15H21N3O3/c1-12(19)18-8-6-17(7-9-18)11-15(20)16-13-4-3-5-14(10-13)21-2/h3-5,10H,6-9,11H2,1-2H3,(H,16,20)/p+1. The molecule has 0 spiro atoms. The van der Waals surface area contributed by atoms with E-state index in [1.165, 1.54) is 4.90 Å². The first-order valence-corrected chi connectivity index (χ1v) is 7.11. The van der Waals surface area contributed by atoms with Crippen LogP contribution in [0.15, 0.2) is 24.3 Å². The number of carbonyl (C=O) groups excluding carboxylic acids is 2. The molecule has 6 heteroatoms. The van der Waals surface area contributed by atoms with Crippen molar-refractivity contribution < 1.29 is 19.2 Å². The highest BCUT2D eigenvalue weighted by molar-refractivity contribution is 5.91. The number of rotatable bonds is 4. The summed E-state index contributed by atoms with van der Waals surface area (Å²) in [6.45, 7) is 5.06. The van der Waals surface area contributed by atoms with E-state index in [-0.39, 0.29) is 11.8 Å². The van der Waals surface area contributed by atoms with Crippen LogP contribution in [-0.2, 0) is 9.59 Å². The third-order valence-electron chi connectivity index (χ3n) is 3.68. The van der Waals surface area contributed by atoms with E-state index >= 15 is 0 Å². The molecule has 1 aromatic rings. The summed E-state index contributed by atoms with van der Waals surface area (Å²) in [5.74, 6) is 0.805. The molecule has 1 aliphatic rings. The number of carbonyl (C=O) groups is 2. The van der Waals surface area contributed by atoms with Crippen LogP contribution in [0.1, 0.15) is 6.92 Å². The fourth-order valence-corrected chi connectivity index (χ4v) is 2.45. The number of amides is 2. The van der Waals surface area contributed by atoms with Crippen LogP contribution in [0, 0.1) is 0 Å². The van der Waals surface area contributed by atoms with E-state index in [2.05, 4.69) is 5.32 Å². The first kappa shape index (κ1) is 15.3. The van der Waals surface area contributed by atoms with Crippen LogP contribution in [0.2, 0.25) is 0 Å². The Kier molecular flexibility index (Phi) is 5.16. The average Bonchev–Trinajstić information content (AvgIpc) is 2.47. The second-order valence-corrected chi connectivity index (χ2v) is 5.21. The summed E-state index contributed by atoms with van der Waals surface area (Å²) in [7, 11) is 1.60. The molecule has 0 aliphatic carbocycles. The van der Waals surface area contributed by atoms with Crippen molar-refractivity contribution >= 4 is 17.5 Å². The highest BCUT2D eigenvalue weighted by atomic mass is 16.5. The minimum Gasteiger partial charge on any atom is -0.497 e. The van der Waals surface area contributed by atoms with Gasteiger partial charge in [-0.15, -0.1) is 0 Å². The van der Waals surface area contributed by atoms with Gasteiger partial charge in [0.25, 0.3) is 5.91 Å². The maximum atomic E-state index is 12.0. The van der Waals surface area contributed by atoms with Gasteiger partial charge in [0.05, 0.1) is 33.3 Å². The van der Waals surface area contributed by atoms with E-state index in [0.29, 0.717) is 6.54 Å². The summed E-state index contributed by atoms with van der Waals surface area (Å²) in [5.41, 5.74) is 0.737. The van der Waals surface area contributed by atoms with E-state index in [0.717, 1.165) is 37.6 Å². The maximum Gasteiger partial charge on any atom is 0.279 e. The number of hydrogen-bond acceptors (Lipinski definition) is 3. The summed E-state index contributed by atoms with van der Waals surface area (Å²) in [6, 6.07) is 7.30. The van der Waals surface area contributed by atoms with E-state index in [4.69, 9.17) is 4.74 Å². The van der Waals surface area contributed by atoms with E-state index in [9.17, 15) is 9.59 Å². The third-order valence-corrected chi connectivity index (χ3v) is 3.68. The van der Waals surface area contributed by atoms with Crippen LogP contribution in [0.4, 0.5) is 5.69 Å². The molecule has 0 radical (unpaired) electrons. The van der Waals surface area contributed by atoms with Crippen LogP contribution in [0.25, 0.3) is 0 Å². The van der Waals surface area contributed by atoms with Crippen molar-refractivity contribution in [3.05, 3.63) is 24.3 Å². The Morgan fingerprint density at radius 3 is 2.67 bits per heavy atom. The molecule has 6 nitrogen and oxygen atoms in total. The maximum absolute atomic E-state index is 12.0. The second-order valence-electron chi connectivity index (χ2n) is 5.21. The summed E-state index contributed by atoms with van der Waals surface area (Å²) in [5, 5.41) is 2.88. The predicted octanol–water partition coefficient (Wildman–Crippen LogP) is -0.619. The Labute approximate surface area is 124 Å². The molecule has 2 rings (SSSR count). The Hall–Kier alpha value is -2.08. The molecular formula is C15H22N3O3+. The monoisotopic (exact) mass is 292 g/mol. The van der Waals surface area contributed by atoms with Crippen molar-refractivity contribution in [2.45, 2.75) is 6.92 Å². The zero-order valence-electron chi connectivity index (χ0n) is 12.5. The van der Waals surface area contributed by atoms with Crippen molar-refractivity contribution in [1.82, 2.24) is 4.90 Å². The second kappa shape index (κ2) is 7.08. The number of anilines is 1. The molecular weight excluding hydrogens is 270 g/mol. The average molecular weight is 292 g/mol. The molecule has 0 atom stereocenters. The molecule has 0 unspecified atom stereocenters. The van der Waals surface area contributed by atoms with Crippen LogP contribution >= 0.6 is 0 Å². The van der Waals surface area contributed by atoms with Gasteiger partial charge in [0.2, 0.25) is 5.91 Å². The molecule has 1 saturated heterocycles. The highest BCUT2D eigenvalue weighted by Crippen LogP contribution is 2.16. The normalized spacial score (nSPS) is 15.6. The molecule has 0 aromatic heterocycles. The lowest BCUT2D eigenvalue weighted by molar-refractivity contribution is -0.895. The number of benzene rings is 1. The number of ether oxygens (including phenoxy) is 1.